The van der Waals surface area contributed by atoms with Crippen LogP contribution in [-0.4, -0.2) is 11.2 Å². The number of nitrogens with zero attached hydrogens (tertiary/aromatic N) is 1. The number of benzene rings is 1. The van der Waals surface area contributed by atoms with Crippen molar-refractivity contribution in [2.24, 2.45) is 4.99 Å². The summed E-state index contributed by atoms with van der Waals surface area (Å²) in [6, 6.07) is 2.60. The first-order valence-electron chi connectivity index (χ1n) is 3.35. The maximum Gasteiger partial charge on any atom is 0.235 e. The van der Waals surface area contributed by atoms with E-state index < -0.39 is 11.6 Å². The van der Waals surface area contributed by atoms with Crippen molar-refractivity contribution >= 4 is 22.0 Å². The zero-order chi connectivity index (χ0) is 9.84. The van der Waals surface area contributed by atoms with Crippen LogP contribution in [0.15, 0.2) is 21.6 Å². The van der Waals surface area contributed by atoms with Crippen LogP contribution in [0.4, 0.5) is 4.39 Å². The van der Waals surface area contributed by atoms with Gasteiger partial charge in [-0.1, -0.05) is 0 Å². The third-order valence-corrected chi connectivity index (χ3v) is 2.01. The monoisotopic (exact) mass is 245 g/mol. The Morgan fingerprint density at radius 2 is 2.31 bits per heavy atom. The van der Waals surface area contributed by atoms with E-state index in [1.165, 1.54) is 12.1 Å². The normalized spacial score (nSPS) is 9.38. The first-order valence-corrected chi connectivity index (χ1v) is 4.15. The number of hydrogen-bond donors (Lipinski definition) is 1. The molecule has 5 heteroatoms. The third kappa shape index (κ3) is 2.37. The van der Waals surface area contributed by atoms with Crippen LogP contribution in [0.5, 0.6) is 5.75 Å². The molecule has 0 amide bonds. The van der Waals surface area contributed by atoms with Gasteiger partial charge in [0.15, 0.2) is 11.6 Å². The largest absolute Gasteiger partial charge is 0.504 e. The van der Waals surface area contributed by atoms with Crippen LogP contribution in [0, 0.1) is 5.82 Å². The summed E-state index contributed by atoms with van der Waals surface area (Å²) in [6.45, 7) is 0.0549. The first-order chi connectivity index (χ1) is 6.15. The number of phenolic OH excluding ortho intramolecular Hbond substituents is 1. The molecule has 1 rings (SSSR count). The zero-order valence-corrected chi connectivity index (χ0v) is 8.01. The van der Waals surface area contributed by atoms with Crippen molar-refractivity contribution in [2.45, 2.75) is 6.54 Å². The molecule has 0 saturated heterocycles. The molecule has 0 saturated carbocycles. The van der Waals surface area contributed by atoms with Crippen molar-refractivity contribution in [3.63, 3.8) is 0 Å². The van der Waals surface area contributed by atoms with Crippen molar-refractivity contribution < 1.29 is 14.3 Å². The molecule has 0 aliphatic carbocycles. The second kappa shape index (κ2) is 4.16. The quantitative estimate of drug-likeness (QED) is 0.641. The Labute approximate surface area is 82.0 Å². The molecule has 0 aromatic heterocycles. The lowest BCUT2D eigenvalue weighted by Gasteiger charge is -2.01. The molecule has 0 radical (unpaired) electrons. The Balaban J connectivity index is 3.05. The van der Waals surface area contributed by atoms with Crippen LogP contribution < -0.4 is 0 Å². The molecular weight excluding hydrogens is 241 g/mol. The summed E-state index contributed by atoms with van der Waals surface area (Å²) in [5.74, 6) is -1.19. The Morgan fingerprint density at radius 1 is 1.62 bits per heavy atom. The van der Waals surface area contributed by atoms with Gasteiger partial charge in [-0.15, -0.1) is 0 Å². The second-order valence-electron chi connectivity index (χ2n) is 2.32. The number of aromatic hydroxyl groups is 1. The van der Waals surface area contributed by atoms with Gasteiger partial charge < -0.3 is 5.11 Å². The summed E-state index contributed by atoms with van der Waals surface area (Å²) in [5, 5.41) is 9.03. The minimum atomic E-state index is -0.745. The molecular formula is C8H5BrFNO2. The van der Waals surface area contributed by atoms with Gasteiger partial charge in [-0.3, -0.25) is 0 Å². The highest BCUT2D eigenvalue weighted by atomic mass is 79.9. The minimum absolute atomic E-state index is 0.0549. The van der Waals surface area contributed by atoms with E-state index >= 15 is 0 Å². The summed E-state index contributed by atoms with van der Waals surface area (Å²) in [4.78, 5) is 13.0. The van der Waals surface area contributed by atoms with E-state index in [2.05, 4.69) is 20.9 Å². The average molecular weight is 246 g/mol. The maximum atomic E-state index is 12.8. The van der Waals surface area contributed by atoms with E-state index in [1.54, 1.807) is 0 Å². The summed E-state index contributed by atoms with van der Waals surface area (Å²) >= 11 is 2.96. The first kappa shape index (κ1) is 9.89. The Morgan fingerprint density at radius 3 is 2.85 bits per heavy atom. The molecule has 0 aliphatic rings. The predicted octanol–water partition coefficient (Wildman–Crippen LogP) is 2.13. The van der Waals surface area contributed by atoms with Crippen LogP contribution >= 0.6 is 15.9 Å². The molecule has 0 spiro atoms. The van der Waals surface area contributed by atoms with Crippen LogP contribution in [0.2, 0.25) is 0 Å². The van der Waals surface area contributed by atoms with E-state index in [9.17, 15) is 9.18 Å². The summed E-state index contributed by atoms with van der Waals surface area (Å²) in [7, 11) is 0. The highest BCUT2D eigenvalue weighted by Gasteiger charge is 2.06. The van der Waals surface area contributed by atoms with E-state index in [1.807, 2.05) is 0 Å². The molecule has 1 aromatic rings. The van der Waals surface area contributed by atoms with Gasteiger partial charge in [-0.2, -0.15) is 0 Å². The van der Waals surface area contributed by atoms with Gasteiger partial charge in [0, 0.05) is 0 Å². The van der Waals surface area contributed by atoms with Gasteiger partial charge >= 0.3 is 0 Å². The highest BCUT2D eigenvalue weighted by molar-refractivity contribution is 9.10. The fraction of sp³-hybridized carbons (Fsp3) is 0.125. The fourth-order valence-corrected chi connectivity index (χ4v) is 1.32. The second-order valence-corrected chi connectivity index (χ2v) is 3.17. The van der Waals surface area contributed by atoms with Crippen LogP contribution in [0.25, 0.3) is 0 Å². The van der Waals surface area contributed by atoms with Crippen molar-refractivity contribution in [1.82, 2.24) is 0 Å². The van der Waals surface area contributed by atoms with Crippen molar-refractivity contribution in [3.8, 4) is 5.75 Å². The highest BCUT2D eigenvalue weighted by Crippen LogP contribution is 2.28. The fourth-order valence-electron chi connectivity index (χ4n) is 0.833. The minimum Gasteiger partial charge on any atom is -0.504 e. The third-order valence-electron chi connectivity index (χ3n) is 1.40. The molecule has 68 valence electrons. The molecule has 1 aromatic carbocycles. The summed E-state index contributed by atoms with van der Waals surface area (Å²) in [6.07, 6.45) is 1.34. The molecule has 3 nitrogen and oxygen atoms in total. The molecule has 1 N–H and O–H groups in total. The molecule has 0 heterocycles. The van der Waals surface area contributed by atoms with Crippen LogP contribution in [0.1, 0.15) is 5.56 Å². The molecule has 13 heavy (non-hydrogen) atoms. The van der Waals surface area contributed by atoms with Crippen molar-refractivity contribution in [1.29, 1.82) is 0 Å². The standard InChI is InChI=1S/C8H5BrFNO2/c9-6-1-5(3-11-4-12)2-7(10)8(6)13/h1-2,13H,3H2. The van der Waals surface area contributed by atoms with Crippen molar-refractivity contribution in [2.75, 3.05) is 0 Å². The maximum absolute atomic E-state index is 12.8. The van der Waals surface area contributed by atoms with E-state index in [0.29, 0.717) is 5.56 Å². The molecule has 0 aliphatic heterocycles. The van der Waals surface area contributed by atoms with Gasteiger partial charge in [0.25, 0.3) is 0 Å². The predicted molar refractivity (Wildman–Crippen MR) is 47.6 cm³/mol. The van der Waals surface area contributed by atoms with Crippen LogP contribution in [0.3, 0.4) is 0 Å². The van der Waals surface area contributed by atoms with Crippen LogP contribution in [-0.2, 0) is 11.3 Å². The van der Waals surface area contributed by atoms with E-state index in [4.69, 9.17) is 5.11 Å². The van der Waals surface area contributed by atoms with Gasteiger partial charge in [-0.05, 0) is 33.6 Å². The number of isocyanates is 1. The van der Waals surface area contributed by atoms with Crippen molar-refractivity contribution in [3.05, 3.63) is 28.0 Å². The number of hydrogen-bond acceptors (Lipinski definition) is 3. The molecule has 0 bridgehead atoms. The van der Waals surface area contributed by atoms with Gasteiger partial charge in [0.05, 0.1) is 11.0 Å². The van der Waals surface area contributed by atoms with Gasteiger partial charge in [0.1, 0.15) is 0 Å². The summed E-state index contributed by atoms with van der Waals surface area (Å²) in [5.41, 5.74) is 0.491. The number of carbonyl (C=O) groups excluding carboxylic acids is 1. The van der Waals surface area contributed by atoms with Gasteiger partial charge in [0.2, 0.25) is 6.08 Å². The molecule has 0 unspecified atom stereocenters. The lowest BCUT2D eigenvalue weighted by molar-refractivity contribution is 0.428. The van der Waals surface area contributed by atoms with Gasteiger partial charge in [-0.25, -0.2) is 14.2 Å². The molecule has 0 atom stereocenters. The SMILES string of the molecule is O=C=NCc1cc(F)c(O)c(Br)c1. The number of halogens is 2. The lowest BCUT2D eigenvalue weighted by Crippen LogP contribution is -1.85. The number of rotatable bonds is 2. The lowest BCUT2D eigenvalue weighted by atomic mass is 10.2. The number of aliphatic imine (C=N–C) groups is 1. The zero-order valence-electron chi connectivity index (χ0n) is 6.42. The summed E-state index contributed by atoms with van der Waals surface area (Å²) < 4.78 is 13.1. The average Bonchev–Trinajstić information content (AvgIpc) is 2.10. The topological polar surface area (TPSA) is 49.7 Å². The molecule has 0 fully saturated rings. The Kier molecular flexibility index (Phi) is 3.17. The number of phenols is 1. The van der Waals surface area contributed by atoms with E-state index in [0.717, 1.165) is 6.07 Å². The smallest absolute Gasteiger partial charge is 0.235 e. The Bertz CT molecular complexity index is 351. The van der Waals surface area contributed by atoms with E-state index in [-0.39, 0.29) is 11.0 Å². The Hall–Kier alpha value is -1.19.